The smallest absolute Gasteiger partial charge is 0.240 e. The molecule has 0 saturated heterocycles. The van der Waals surface area contributed by atoms with Crippen LogP contribution in [0, 0.1) is 0 Å². The standard InChI is InChI=1S/C13H21NO5S/c1-4-18-12-7-6-11(10-13(12)19-5-2)20(15,16)14-8-9-17-3/h6-7,10,14H,4-5,8-9H2,1-3H3. The molecule has 0 unspecified atom stereocenters. The summed E-state index contributed by atoms with van der Waals surface area (Å²) >= 11 is 0. The lowest BCUT2D eigenvalue weighted by molar-refractivity contribution is 0.204. The topological polar surface area (TPSA) is 73.9 Å². The van der Waals surface area contributed by atoms with Gasteiger partial charge in [0.25, 0.3) is 0 Å². The maximum absolute atomic E-state index is 12.1. The fraction of sp³-hybridized carbons (Fsp3) is 0.538. The number of ether oxygens (including phenoxy) is 3. The molecule has 1 aromatic carbocycles. The molecule has 1 N–H and O–H groups in total. The van der Waals surface area contributed by atoms with E-state index in [4.69, 9.17) is 14.2 Å². The third kappa shape index (κ3) is 4.66. The summed E-state index contributed by atoms with van der Waals surface area (Å²) in [5.41, 5.74) is 0. The predicted molar refractivity (Wildman–Crippen MR) is 75.8 cm³/mol. The zero-order valence-corrected chi connectivity index (χ0v) is 12.8. The van der Waals surface area contributed by atoms with Crippen LogP contribution in [0.4, 0.5) is 0 Å². The second-order valence-electron chi connectivity index (χ2n) is 3.87. The highest BCUT2D eigenvalue weighted by atomic mass is 32.2. The second-order valence-corrected chi connectivity index (χ2v) is 5.63. The van der Waals surface area contributed by atoms with E-state index < -0.39 is 10.0 Å². The Kier molecular flexibility index (Phi) is 6.77. The molecule has 1 aromatic rings. The lowest BCUT2D eigenvalue weighted by Crippen LogP contribution is -2.27. The van der Waals surface area contributed by atoms with Crippen LogP contribution in [0.3, 0.4) is 0 Å². The first-order chi connectivity index (χ1) is 9.55. The van der Waals surface area contributed by atoms with Gasteiger partial charge in [0.2, 0.25) is 10.0 Å². The number of hydrogen-bond donors (Lipinski definition) is 1. The number of nitrogens with one attached hydrogen (secondary N) is 1. The summed E-state index contributed by atoms with van der Waals surface area (Å²) < 4.78 is 42.2. The lowest BCUT2D eigenvalue weighted by atomic mass is 10.3. The quantitative estimate of drug-likeness (QED) is 0.698. The van der Waals surface area contributed by atoms with Crippen molar-refractivity contribution in [3.8, 4) is 11.5 Å². The van der Waals surface area contributed by atoms with Crippen molar-refractivity contribution in [3.63, 3.8) is 0 Å². The van der Waals surface area contributed by atoms with E-state index in [-0.39, 0.29) is 11.4 Å². The molecule has 0 aliphatic heterocycles. The summed E-state index contributed by atoms with van der Waals surface area (Å²) in [5, 5.41) is 0. The van der Waals surface area contributed by atoms with Crippen molar-refractivity contribution in [1.82, 2.24) is 4.72 Å². The van der Waals surface area contributed by atoms with E-state index >= 15 is 0 Å². The molecule has 0 atom stereocenters. The van der Waals surface area contributed by atoms with Gasteiger partial charge in [0.1, 0.15) is 0 Å². The van der Waals surface area contributed by atoms with Crippen LogP contribution in [0.2, 0.25) is 0 Å². The fourth-order valence-electron chi connectivity index (χ4n) is 1.56. The van der Waals surface area contributed by atoms with Gasteiger partial charge in [0.05, 0.1) is 24.7 Å². The molecule has 0 saturated carbocycles. The van der Waals surface area contributed by atoms with Crippen LogP contribution in [-0.2, 0) is 14.8 Å². The lowest BCUT2D eigenvalue weighted by Gasteiger charge is -2.13. The summed E-state index contributed by atoms with van der Waals surface area (Å²) in [7, 11) is -2.06. The van der Waals surface area contributed by atoms with Crippen molar-refractivity contribution < 1.29 is 22.6 Å². The Morgan fingerprint density at radius 1 is 1.10 bits per heavy atom. The molecule has 20 heavy (non-hydrogen) atoms. The molecule has 0 radical (unpaired) electrons. The van der Waals surface area contributed by atoms with Crippen LogP contribution in [0.5, 0.6) is 11.5 Å². The molecule has 0 aliphatic carbocycles. The van der Waals surface area contributed by atoms with Gasteiger partial charge < -0.3 is 14.2 Å². The predicted octanol–water partition coefficient (Wildman–Crippen LogP) is 1.41. The van der Waals surface area contributed by atoms with Crippen molar-refractivity contribution in [1.29, 1.82) is 0 Å². The van der Waals surface area contributed by atoms with Gasteiger partial charge in [-0.15, -0.1) is 0 Å². The van der Waals surface area contributed by atoms with E-state index in [1.165, 1.54) is 19.2 Å². The van der Waals surface area contributed by atoms with Crippen molar-refractivity contribution in [3.05, 3.63) is 18.2 Å². The number of sulfonamides is 1. The van der Waals surface area contributed by atoms with E-state index in [1.807, 2.05) is 13.8 Å². The first-order valence-corrected chi connectivity index (χ1v) is 7.91. The normalized spacial score (nSPS) is 11.3. The van der Waals surface area contributed by atoms with Gasteiger partial charge >= 0.3 is 0 Å². The Morgan fingerprint density at radius 2 is 1.75 bits per heavy atom. The summed E-state index contributed by atoms with van der Waals surface area (Å²) in [6.07, 6.45) is 0. The Bertz CT molecular complexity index is 515. The summed E-state index contributed by atoms with van der Waals surface area (Å²) in [4.78, 5) is 0.139. The highest BCUT2D eigenvalue weighted by molar-refractivity contribution is 7.89. The monoisotopic (exact) mass is 303 g/mol. The van der Waals surface area contributed by atoms with E-state index in [1.54, 1.807) is 6.07 Å². The van der Waals surface area contributed by atoms with Crippen LogP contribution in [0.1, 0.15) is 13.8 Å². The van der Waals surface area contributed by atoms with Gasteiger partial charge in [-0.05, 0) is 26.0 Å². The summed E-state index contributed by atoms with van der Waals surface area (Å²) in [6, 6.07) is 4.55. The van der Waals surface area contributed by atoms with Crippen molar-refractivity contribution in [2.75, 3.05) is 33.5 Å². The molecule has 1 rings (SSSR count). The zero-order chi connectivity index (χ0) is 15.0. The molecule has 0 aromatic heterocycles. The number of rotatable bonds is 9. The van der Waals surface area contributed by atoms with Crippen LogP contribution in [-0.4, -0.2) is 41.9 Å². The third-order valence-electron chi connectivity index (χ3n) is 2.42. The minimum atomic E-state index is -3.57. The maximum Gasteiger partial charge on any atom is 0.240 e. The fourth-order valence-corrected chi connectivity index (χ4v) is 2.59. The average molecular weight is 303 g/mol. The summed E-state index contributed by atoms with van der Waals surface area (Å²) in [5.74, 6) is 0.953. The minimum absolute atomic E-state index is 0.139. The van der Waals surface area contributed by atoms with Gasteiger partial charge in [-0.25, -0.2) is 13.1 Å². The number of hydrogen-bond acceptors (Lipinski definition) is 5. The highest BCUT2D eigenvalue weighted by Gasteiger charge is 2.16. The van der Waals surface area contributed by atoms with E-state index in [9.17, 15) is 8.42 Å². The molecule has 0 amide bonds. The molecule has 0 fully saturated rings. The maximum atomic E-state index is 12.1. The van der Waals surface area contributed by atoms with Gasteiger partial charge in [-0.2, -0.15) is 0 Å². The van der Waals surface area contributed by atoms with Gasteiger partial charge in [-0.3, -0.25) is 0 Å². The first-order valence-electron chi connectivity index (χ1n) is 6.43. The molecule has 0 bridgehead atoms. The zero-order valence-electron chi connectivity index (χ0n) is 12.0. The molecular weight excluding hydrogens is 282 g/mol. The second kappa shape index (κ2) is 8.08. The van der Waals surface area contributed by atoms with E-state index in [0.29, 0.717) is 31.3 Å². The third-order valence-corrected chi connectivity index (χ3v) is 3.88. The Labute approximate surface area is 120 Å². The average Bonchev–Trinajstić information content (AvgIpc) is 2.41. The minimum Gasteiger partial charge on any atom is -0.490 e. The van der Waals surface area contributed by atoms with Gasteiger partial charge in [0.15, 0.2) is 11.5 Å². The van der Waals surface area contributed by atoms with Crippen LogP contribution in [0.15, 0.2) is 23.1 Å². The van der Waals surface area contributed by atoms with Crippen molar-refractivity contribution in [2.24, 2.45) is 0 Å². The molecule has 7 heteroatoms. The Balaban J connectivity index is 2.97. The molecular formula is C13H21NO5S. The Hall–Kier alpha value is -1.31. The first kappa shape index (κ1) is 16.7. The van der Waals surface area contributed by atoms with Gasteiger partial charge in [0, 0.05) is 19.7 Å². The summed E-state index contributed by atoms with van der Waals surface area (Å²) in [6.45, 7) is 5.13. The van der Waals surface area contributed by atoms with Crippen molar-refractivity contribution >= 4 is 10.0 Å². The molecule has 114 valence electrons. The van der Waals surface area contributed by atoms with E-state index in [0.717, 1.165) is 0 Å². The number of methoxy groups -OCH3 is 1. The Morgan fingerprint density at radius 3 is 2.35 bits per heavy atom. The largest absolute Gasteiger partial charge is 0.490 e. The molecule has 6 nitrogen and oxygen atoms in total. The van der Waals surface area contributed by atoms with Crippen molar-refractivity contribution in [2.45, 2.75) is 18.7 Å². The molecule has 0 aliphatic rings. The molecule has 0 spiro atoms. The van der Waals surface area contributed by atoms with Crippen LogP contribution >= 0.6 is 0 Å². The SMILES string of the molecule is CCOc1ccc(S(=O)(=O)NCCOC)cc1OCC. The van der Waals surface area contributed by atoms with E-state index in [2.05, 4.69) is 4.72 Å². The molecule has 0 heterocycles. The van der Waals surface area contributed by atoms with Gasteiger partial charge in [-0.1, -0.05) is 0 Å². The highest BCUT2D eigenvalue weighted by Crippen LogP contribution is 2.30. The number of benzene rings is 1. The van der Waals surface area contributed by atoms with Crippen LogP contribution < -0.4 is 14.2 Å². The van der Waals surface area contributed by atoms with Crippen LogP contribution in [0.25, 0.3) is 0 Å².